The van der Waals surface area contributed by atoms with Crippen molar-refractivity contribution in [3.8, 4) is 34.5 Å². The molecule has 0 saturated carbocycles. The highest BCUT2D eigenvalue weighted by molar-refractivity contribution is 6.83. The first-order valence-corrected chi connectivity index (χ1v) is 18.6. The molecule has 0 radical (unpaired) electrons. The predicted octanol–water partition coefficient (Wildman–Crippen LogP) is 8.92. The van der Waals surface area contributed by atoms with Crippen molar-refractivity contribution in [2.24, 2.45) is 9.98 Å². The van der Waals surface area contributed by atoms with Crippen LogP contribution in [0.4, 0.5) is 11.4 Å². The molecule has 10 rings (SSSR count). The van der Waals surface area contributed by atoms with Gasteiger partial charge >= 0.3 is 13.8 Å². The molecule has 56 heavy (non-hydrogen) atoms. The molecule has 0 aliphatic carbocycles. The zero-order valence-corrected chi connectivity index (χ0v) is 30.2. The normalized spacial score (nSPS) is 12.7. The summed E-state index contributed by atoms with van der Waals surface area (Å²) < 4.78 is 27.3. The summed E-state index contributed by atoms with van der Waals surface area (Å²) in [6.07, 6.45) is 3.75. The molecule has 0 unspecified atom stereocenters. The van der Waals surface area contributed by atoms with Crippen LogP contribution in [0.3, 0.4) is 0 Å². The van der Waals surface area contributed by atoms with E-state index in [1.54, 1.807) is 0 Å². The zero-order valence-electron chi connectivity index (χ0n) is 30.2. The fraction of sp³-hybridized carbons (Fsp3) is 0. The summed E-state index contributed by atoms with van der Waals surface area (Å²) in [5.74, 6) is 4.38. The van der Waals surface area contributed by atoms with Gasteiger partial charge in [0.25, 0.3) is 0 Å². The summed E-state index contributed by atoms with van der Waals surface area (Å²) in [6.45, 7) is -0.910. The van der Waals surface area contributed by atoms with Crippen molar-refractivity contribution >= 4 is 70.3 Å². The largest absolute Gasteiger partial charge is 0.550 e. The third-order valence-electron chi connectivity index (χ3n) is 10.1. The summed E-state index contributed by atoms with van der Waals surface area (Å²) in [5.41, 5.74) is 7.07. The topological polar surface area (TPSA) is 61.6 Å². The van der Waals surface area contributed by atoms with Gasteiger partial charge in [-0.05, 0) is 72.8 Å². The van der Waals surface area contributed by atoms with E-state index in [4.69, 9.17) is 28.8 Å². The molecule has 2 heterocycles. The zero-order chi connectivity index (χ0) is 37.3. The molecule has 8 aromatic rings. The van der Waals surface area contributed by atoms with Crippen molar-refractivity contribution in [3.05, 3.63) is 193 Å². The number of nitrogens with zero attached hydrogens (tertiary/aromatic N) is 2. The maximum absolute atomic E-state index is 7.29. The van der Waals surface area contributed by atoms with E-state index in [0.717, 1.165) is 78.1 Å². The van der Waals surface area contributed by atoms with Crippen LogP contribution in [0.15, 0.2) is 192 Å². The lowest BCUT2D eigenvalue weighted by atomic mass is 9.53. The lowest BCUT2D eigenvalue weighted by Gasteiger charge is -2.28. The molecule has 8 aromatic carbocycles. The smallest absolute Gasteiger partial charge is 0.434 e. The number of benzene rings is 8. The highest BCUT2D eigenvalue weighted by Crippen LogP contribution is 2.39. The van der Waals surface area contributed by atoms with E-state index in [1.807, 2.05) is 146 Å². The van der Waals surface area contributed by atoms with Crippen LogP contribution in [0.25, 0.3) is 10.8 Å². The van der Waals surface area contributed by atoms with Crippen LogP contribution in [-0.4, -0.2) is 26.3 Å². The van der Waals surface area contributed by atoms with E-state index in [0.29, 0.717) is 11.5 Å². The van der Waals surface area contributed by atoms with Crippen molar-refractivity contribution in [1.29, 1.82) is 0 Å². The number of hydrogen-bond donors (Lipinski definition) is 0. The van der Waals surface area contributed by atoms with E-state index in [9.17, 15) is 0 Å². The first-order valence-electron chi connectivity index (χ1n) is 18.6. The van der Waals surface area contributed by atoms with Crippen LogP contribution < -0.4 is 40.6 Å². The fourth-order valence-corrected chi connectivity index (χ4v) is 7.39. The number of ether oxygens (including phenoxy) is 2. The molecule has 2 aliphatic heterocycles. The number of rotatable bonds is 8. The fourth-order valence-electron chi connectivity index (χ4n) is 7.39. The molecular formula is C48H32B2N2O4. The molecule has 0 spiro atoms. The molecule has 0 bridgehead atoms. The lowest BCUT2D eigenvalue weighted by molar-refractivity contribution is 0.480. The summed E-state index contributed by atoms with van der Waals surface area (Å²) >= 11 is 0. The van der Waals surface area contributed by atoms with Crippen molar-refractivity contribution < 1.29 is 18.8 Å². The van der Waals surface area contributed by atoms with Gasteiger partial charge in [0, 0.05) is 56.2 Å². The Bertz CT molecular complexity index is 2510. The Balaban J connectivity index is 1.18. The number of hydrogen-bond acceptors (Lipinski definition) is 6. The summed E-state index contributed by atoms with van der Waals surface area (Å²) in [6, 6.07) is 60.3. The minimum atomic E-state index is -0.455. The molecular weight excluding hydrogens is 690 g/mol. The van der Waals surface area contributed by atoms with Crippen molar-refractivity contribution in [3.63, 3.8) is 0 Å². The molecule has 0 aromatic heterocycles. The minimum absolute atomic E-state index is 0.455. The second kappa shape index (κ2) is 14.5. The van der Waals surface area contributed by atoms with E-state index in [1.165, 1.54) is 0 Å². The average Bonchev–Trinajstić information content (AvgIpc) is 3.26. The Kier molecular flexibility index (Phi) is 8.61. The second-order valence-electron chi connectivity index (χ2n) is 13.6. The van der Waals surface area contributed by atoms with Crippen LogP contribution in [0.2, 0.25) is 0 Å². The van der Waals surface area contributed by atoms with Gasteiger partial charge in [0.1, 0.15) is 34.5 Å². The molecule has 0 atom stereocenters. The second-order valence-corrected chi connectivity index (χ2v) is 13.6. The number of fused-ring (bicyclic) bond motifs is 5. The first kappa shape index (κ1) is 33.3. The summed E-state index contributed by atoms with van der Waals surface area (Å²) in [7, 11) is 0. The first-order chi connectivity index (χ1) is 27.8. The number of aliphatic imine (C=N–C) groups is 2. The summed E-state index contributed by atoms with van der Waals surface area (Å²) in [5, 5.41) is 1.73. The Labute approximate surface area is 325 Å². The van der Waals surface area contributed by atoms with E-state index in [-0.39, 0.29) is 0 Å². The third kappa shape index (κ3) is 6.27. The standard InChI is InChI=1S/C48H32B2N2O4/c1-3-15-35(16-4-1)51-31-33-27-29-38-37(47(33)55-49-39-19-7-11-23-43(39)53-44-24-12-8-20-40(44)49)30-28-34(32-52-36-17-5-2-6-18-36)48(38)56-50-41-21-9-13-25-45(41)54-46-26-14-10-22-42(46)50/h1-32H. The average molecular weight is 722 g/mol. The van der Waals surface area contributed by atoms with E-state index in [2.05, 4.69) is 48.5 Å². The van der Waals surface area contributed by atoms with E-state index < -0.39 is 13.8 Å². The predicted molar refractivity (Wildman–Crippen MR) is 229 cm³/mol. The van der Waals surface area contributed by atoms with Crippen LogP contribution in [0.5, 0.6) is 34.5 Å². The summed E-state index contributed by atoms with van der Waals surface area (Å²) in [4.78, 5) is 9.75. The minimum Gasteiger partial charge on any atom is -0.550 e. The van der Waals surface area contributed by atoms with Crippen LogP contribution in [0, 0.1) is 0 Å². The van der Waals surface area contributed by atoms with Gasteiger partial charge in [-0.1, -0.05) is 109 Å². The Morgan fingerprint density at radius 2 is 0.679 bits per heavy atom. The van der Waals surface area contributed by atoms with Gasteiger partial charge in [0.05, 0.1) is 11.4 Å². The monoisotopic (exact) mass is 722 g/mol. The molecule has 0 fully saturated rings. The highest BCUT2D eigenvalue weighted by atomic mass is 16.5. The SMILES string of the molecule is C(=Nc1ccccc1)c1ccc2c(OB3c4ccccc4Oc4ccccc43)c(C=Nc3ccccc3)ccc2c1OB1c2ccccc2Oc2ccccc21. The third-order valence-corrected chi connectivity index (χ3v) is 10.1. The number of para-hydroxylation sites is 6. The van der Waals surface area contributed by atoms with Crippen molar-refractivity contribution in [2.75, 3.05) is 0 Å². The van der Waals surface area contributed by atoms with Crippen LogP contribution in [0.1, 0.15) is 11.1 Å². The van der Waals surface area contributed by atoms with Gasteiger partial charge < -0.3 is 18.8 Å². The highest BCUT2D eigenvalue weighted by Gasteiger charge is 2.37. The molecule has 0 amide bonds. The van der Waals surface area contributed by atoms with Crippen LogP contribution >= 0.6 is 0 Å². The van der Waals surface area contributed by atoms with Gasteiger partial charge in [-0.25, -0.2) is 0 Å². The van der Waals surface area contributed by atoms with Crippen LogP contribution in [-0.2, 0) is 0 Å². The van der Waals surface area contributed by atoms with Crippen molar-refractivity contribution in [2.45, 2.75) is 0 Å². The Morgan fingerprint density at radius 1 is 0.357 bits per heavy atom. The molecule has 6 nitrogen and oxygen atoms in total. The maximum Gasteiger partial charge on any atom is 0.434 e. The lowest BCUT2D eigenvalue weighted by Crippen LogP contribution is -2.51. The maximum atomic E-state index is 7.29. The molecule has 264 valence electrons. The molecule has 8 heteroatoms. The van der Waals surface area contributed by atoms with Crippen molar-refractivity contribution in [1.82, 2.24) is 0 Å². The van der Waals surface area contributed by atoms with Gasteiger partial charge in [0.2, 0.25) is 0 Å². The van der Waals surface area contributed by atoms with Gasteiger partial charge in [-0.15, -0.1) is 0 Å². The molecule has 2 aliphatic rings. The quantitative estimate of drug-likeness (QED) is 0.116. The molecule has 0 saturated heterocycles. The molecule has 0 N–H and O–H groups in total. The van der Waals surface area contributed by atoms with Gasteiger partial charge in [0.15, 0.2) is 0 Å². The van der Waals surface area contributed by atoms with Gasteiger partial charge in [-0.3, -0.25) is 9.98 Å². The van der Waals surface area contributed by atoms with Gasteiger partial charge in [-0.2, -0.15) is 0 Å². The Hall–Kier alpha value is -7.31. The Morgan fingerprint density at radius 3 is 1.04 bits per heavy atom. The van der Waals surface area contributed by atoms with E-state index >= 15 is 0 Å².